The van der Waals surface area contributed by atoms with Crippen molar-refractivity contribution < 1.29 is 4.79 Å². The van der Waals surface area contributed by atoms with Gasteiger partial charge in [-0.15, -0.1) is 23.1 Å². The Bertz CT molecular complexity index is 751. The van der Waals surface area contributed by atoms with E-state index in [1.807, 2.05) is 0 Å². The molecule has 1 aromatic carbocycles. The van der Waals surface area contributed by atoms with Crippen LogP contribution >= 0.6 is 23.1 Å². The molecule has 2 atom stereocenters. The van der Waals surface area contributed by atoms with Crippen LogP contribution in [0.25, 0.3) is 0 Å². The summed E-state index contributed by atoms with van der Waals surface area (Å²) in [5, 5.41) is 7.70. The Balaban J connectivity index is 1.65. The SMILES string of the molecule is CSc1ccc(C2NC(=O)c3c(sc4c3CCC(C)C4)N2)cc1. The van der Waals surface area contributed by atoms with Crippen molar-refractivity contribution in [2.75, 3.05) is 11.6 Å². The van der Waals surface area contributed by atoms with Crippen LogP contribution in [-0.4, -0.2) is 12.2 Å². The molecule has 0 radical (unpaired) electrons. The van der Waals surface area contributed by atoms with E-state index >= 15 is 0 Å². The topological polar surface area (TPSA) is 41.1 Å². The zero-order valence-electron chi connectivity index (χ0n) is 13.3. The molecule has 1 aromatic heterocycles. The number of thiophene rings is 1. The van der Waals surface area contributed by atoms with Crippen molar-refractivity contribution in [2.45, 2.75) is 37.2 Å². The Morgan fingerprint density at radius 1 is 1.22 bits per heavy atom. The molecule has 1 amide bonds. The minimum Gasteiger partial charge on any atom is -0.353 e. The second-order valence-corrected chi connectivity index (χ2v) is 8.36. The third kappa shape index (κ3) is 2.66. The molecule has 2 N–H and O–H groups in total. The third-order valence-electron chi connectivity index (χ3n) is 4.74. The molecule has 3 nitrogen and oxygen atoms in total. The van der Waals surface area contributed by atoms with Gasteiger partial charge in [0.05, 0.1) is 5.56 Å². The van der Waals surface area contributed by atoms with Crippen LogP contribution in [-0.2, 0) is 12.8 Å². The normalized spacial score (nSPS) is 22.8. The van der Waals surface area contributed by atoms with E-state index in [9.17, 15) is 4.79 Å². The predicted molar refractivity (Wildman–Crippen MR) is 97.6 cm³/mol. The molecule has 23 heavy (non-hydrogen) atoms. The number of anilines is 1. The van der Waals surface area contributed by atoms with Gasteiger partial charge in [0.15, 0.2) is 0 Å². The maximum atomic E-state index is 12.7. The first-order valence-corrected chi connectivity index (χ1v) is 10.1. The summed E-state index contributed by atoms with van der Waals surface area (Å²) in [5.74, 6) is 0.797. The molecule has 1 aliphatic heterocycles. The zero-order valence-corrected chi connectivity index (χ0v) is 14.9. The number of thioether (sulfide) groups is 1. The van der Waals surface area contributed by atoms with Gasteiger partial charge in [-0.1, -0.05) is 19.1 Å². The summed E-state index contributed by atoms with van der Waals surface area (Å²) >= 11 is 3.50. The van der Waals surface area contributed by atoms with Crippen LogP contribution in [0.5, 0.6) is 0 Å². The molecule has 0 saturated heterocycles. The van der Waals surface area contributed by atoms with Crippen molar-refractivity contribution in [2.24, 2.45) is 5.92 Å². The van der Waals surface area contributed by atoms with Gasteiger partial charge in [0.25, 0.3) is 5.91 Å². The van der Waals surface area contributed by atoms with E-state index in [1.54, 1.807) is 23.1 Å². The third-order valence-corrected chi connectivity index (χ3v) is 6.67. The molecule has 0 bridgehead atoms. The van der Waals surface area contributed by atoms with Crippen LogP contribution in [0.15, 0.2) is 29.2 Å². The summed E-state index contributed by atoms with van der Waals surface area (Å²) in [6.45, 7) is 2.30. The Kier molecular flexibility index (Phi) is 3.85. The highest BCUT2D eigenvalue weighted by atomic mass is 32.2. The molecule has 2 aliphatic rings. The molecule has 1 aliphatic carbocycles. The molecule has 2 unspecified atom stereocenters. The van der Waals surface area contributed by atoms with Gasteiger partial charge in [0, 0.05) is 9.77 Å². The maximum absolute atomic E-state index is 12.7. The summed E-state index contributed by atoms with van der Waals surface area (Å²) in [4.78, 5) is 15.3. The van der Waals surface area contributed by atoms with Crippen LogP contribution in [0.1, 0.15) is 45.9 Å². The average molecular weight is 345 g/mol. The summed E-state index contributed by atoms with van der Waals surface area (Å²) in [7, 11) is 0. The van der Waals surface area contributed by atoms with E-state index in [-0.39, 0.29) is 12.1 Å². The summed E-state index contributed by atoms with van der Waals surface area (Å²) < 4.78 is 0. The minimum atomic E-state index is -0.136. The Hall–Kier alpha value is -1.46. The second-order valence-electron chi connectivity index (χ2n) is 6.38. The number of amides is 1. The Morgan fingerprint density at radius 3 is 2.74 bits per heavy atom. The van der Waals surface area contributed by atoms with E-state index in [4.69, 9.17) is 0 Å². The lowest BCUT2D eigenvalue weighted by Crippen LogP contribution is -2.38. The lowest BCUT2D eigenvalue weighted by Gasteiger charge is -2.27. The lowest BCUT2D eigenvalue weighted by molar-refractivity contribution is 0.0935. The van der Waals surface area contributed by atoms with Crippen LogP contribution in [0.4, 0.5) is 5.00 Å². The van der Waals surface area contributed by atoms with Crippen LogP contribution in [0, 0.1) is 5.92 Å². The van der Waals surface area contributed by atoms with E-state index in [2.05, 4.69) is 48.1 Å². The average Bonchev–Trinajstić information content (AvgIpc) is 2.92. The predicted octanol–water partition coefficient (Wildman–Crippen LogP) is 4.45. The van der Waals surface area contributed by atoms with E-state index < -0.39 is 0 Å². The van der Waals surface area contributed by atoms with E-state index in [0.717, 1.165) is 34.9 Å². The molecule has 2 aromatic rings. The monoisotopic (exact) mass is 344 g/mol. The van der Waals surface area contributed by atoms with Crippen LogP contribution in [0.3, 0.4) is 0 Å². The highest BCUT2D eigenvalue weighted by Gasteiger charge is 2.32. The number of carbonyl (C=O) groups excluding carboxylic acids is 1. The standard InChI is InChI=1S/C18H20N2OS2/c1-10-3-8-13-14(9-10)23-18-15(13)17(21)19-16(20-18)11-4-6-12(22-2)7-5-11/h4-7,10,16,20H,3,8-9H2,1-2H3,(H,19,21). The highest BCUT2D eigenvalue weighted by Crippen LogP contribution is 2.42. The van der Waals surface area contributed by atoms with Crippen LogP contribution < -0.4 is 10.6 Å². The van der Waals surface area contributed by atoms with Gasteiger partial charge in [0.2, 0.25) is 0 Å². The number of carbonyl (C=O) groups is 1. The van der Waals surface area contributed by atoms with Crippen LogP contribution in [0.2, 0.25) is 0 Å². The minimum absolute atomic E-state index is 0.0738. The number of rotatable bonds is 2. The number of benzene rings is 1. The van der Waals surface area contributed by atoms with Gasteiger partial charge in [-0.25, -0.2) is 0 Å². The highest BCUT2D eigenvalue weighted by molar-refractivity contribution is 7.98. The maximum Gasteiger partial charge on any atom is 0.256 e. The molecule has 4 rings (SSSR count). The summed E-state index contributed by atoms with van der Waals surface area (Å²) in [5.41, 5.74) is 3.28. The van der Waals surface area contributed by atoms with Gasteiger partial charge in [-0.05, 0) is 54.7 Å². The first-order chi connectivity index (χ1) is 11.2. The fourth-order valence-corrected chi connectivity index (χ4v) is 5.27. The molecule has 0 spiro atoms. The van der Waals surface area contributed by atoms with Crippen molar-refractivity contribution in [1.82, 2.24) is 5.32 Å². The first kappa shape index (κ1) is 15.1. The molecule has 5 heteroatoms. The number of fused-ring (bicyclic) bond motifs is 3. The molecular formula is C18H20N2OS2. The number of hydrogen-bond acceptors (Lipinski definition) is 4. The smallest absolute Gasteiger partial charge is 0.256 e. The molecule has 0 saturated carbocycles. The summed E-state index contributed by atoms with van der Waals surface area (Å²) in [6.07, 6.45) is 5.25. The number of nitrogens with one attached hydrogen (secondary N) is 2. The summed E-state index contributed by atoms with van der Waals surface area (Å²) in [6, 6.07) is 8.38. The molecular weight excluding hydrogens is 324 g/mol. The second kappa shape index (κ2) is 5.87. The van der Waals surface area contributed by atoms with E-state index in [0.29, 0.717) is 0 Å². The van der Waals surface area contributed by atoms with Gasteiger partial charge >= 0.3 is 0 Å². The Labute approximate surface area is 144 Å². The molecule has 2 heterocycles. The molecule has 120 valence electrons. The fourth-order valence-electron chi connectivity index (χ4n) is 3.43. The Morgan fingerprint density at radius 2 is 2.00 bits per heavy atom. The van der Waals surface area contributed by atoms with E-state index in [1.165, 1.54) is 21.8 Å². The van der Waals surface area contributed by atoms with Crippen molar-refractivity contribution in [3.63, 3.8) is 0 Å². The van der Waals surface area contributed by atoms with Gasteiger partial charge in [-0.2, -0.15) is 0 Å². The molecule has 0 fully saturated rings. The van der Waals surface area contributed by atoms with Crippen molar-refractivity contribution in [3.8, 4) is 0 Å². The van der Waals surface area contributed by atoms with Crippen molar-refractivity contribution >= 4 is 34.0 Å². The fraction of sp³-hybridized carbons (Fsp3) is 0.389. The quantitative estimate of drug-likeness (QED) is 0.791. The van der Waals surface area contributed by atoms with Gasteiger partial charge < -0.3 is 10.6 Å². The largest absolute Gasteiger partial charge is 0.353 e. The van der Waals surface area contributed by atoms with Gasteiger partial charge in [0.1, 0.15) is 11.2 Å². The van der Waals surface area contributed by atoms with Crippen molar-refractivity contribution in [1.29, 1.82) is 0 Å². The lowest BCUT2D eigenvalue weighted by atomic mass is 9.88. The van der Waals surface area contributed by atoms with Crippen molar-refractivity contribution in [3.05, 3.63) is 45.8 Å². The zero-order chi connectivity index (χ0) is 16.0. The number of hydrogen-bond donors (Lipinski definition) is 2. The first-order valence-electron chi connectivity index (χ1n) is 8.01. The van der Waals surface area contributed by atoms with Gasteiger partial charge in [-0.3, -0.25) is 4.79 Å².